The Labute approximate surface area is 105 Å². The lowest BCUT2D eigenvalue weighted by molar-refractivity contribution is 0.0932. The molecule has 0 saturated carbocycles. The highest BCUT2D eigenvalue weighted by atomic mass is 16.7. The number of benzene rings is 1. The van der Waals surface area contributed by atoms with Crippen LogP contribution >= 0.6 is 0 Å². The van der Waals surface area contributed by atoms with Gasteiger partial charge in [-0.2, -0.15) is 0 Å². The molecule has 1 fully saturated rings. The van der Waals surface area contributed by atoms with Gasteiger partial charge in [-0.05, 0) is 30.7 Å². The van der Waals surface area contributed by atoms with Gasteiger partial charge in [0.05, 0.1) is 0 Å². The summed E-state index contributed by atoms with van der Waals surface area (Å²) in [6.45, 7) is 4.14. The van der Waals surface area contributed by atoms with Crippen molar-refractivity contribution in [3.63, 3.8) is 0 Å². The zero-order chi connectivity index (χ0) is 12.5. The Morgan fingerprint density at radius 1 is 1.33 bits per heavy atom. The molecule has 2 heterocycles. The molecule has 18 heavy (non-hydrogen) atoms. The number of hydrogen-bond acceptors (Lipinski definition) is 4. The molecule has 2 aliphatic rings. The number of rotatable bonds is 2. The van der Waals surface area contributed by atoms with E-state index in [1.165, 1.54) is 0 Å². The molecule has 0 aromatic heterocycles. The third-order valence-corrected chi connectivity index (χ3v) is 3.47. The number of nitrogens with one attached hydrogen (secondary N) is 2. The summed E-state index contributed by atoms with van der Waals surface area (Å²) in [6.07, 6.45) is 0. The van der Waals surface area contributed by atoms with E-state index >= 15 is 0 Å². The van der Waals surface area contributed by atoms with Crippen LogP contribution in [0, 0.1) is 5.92 Å². The van der Waals surface area contributed by atoms with Crippen molar-refractivity contribution in [2.45, 2.75) is 13.0 Å². The van der Waals surface area contributed by atoms with Crippen LogP contribution in [-0.4, -0.2) is 31.8 Å². The van der Waals surface area contributed by atoms with Crippen molar-refractivity contribution in [1.29, 1.82) is 0 Å². The Hall–Kier alpha value is -1.75. The summed E-state index contributed by atoms with van der Waals surface area (Å²) in [5, 5.41) is 6.30. The fourth-order valence-corrected chi connectivity index (χ4v) is 2.29. The normalized spacial score (nSPS) is 25.2. The summed E-state index contributed by atoms with van der Waals surface area (Å²) < 4.78 is 10.5. The number of carbonyl (C=O) groups excluding carboxylic acids is 1. The molecule has 2 aliphatic heterocycles. The molecule has 3 rings (SSSR count). The van der Waals surface area contributed by atoms with Gasteiger partial charge in [0.15, 0.2) is 11.5 Å². The standard InChI is InChI=1S/C13H16N2O3/c1-8-5-14-6-10(8)15-13(16)9-2-3-11-12(4-9)18-7-17-11/h2-4,8,10,14H,5-7H2,1H3,(H,15,16). The molecular formula is C13H16N2O3. The van der Waals surface area contributed by atoms with Gasteiger partial charge in [0.1, 0.15) is 0 Å². The number of hydrogen-bond donors (Lipinski definition) is 2. The summed E-state index contributed by atoms with van der Waals surface area (Å²) in [5.41, 5.74) is 0.610. The lowest BCUT2D eigenvalue weighted by atomic mass is 10.1. The second-order valence-corrected chi connectivity index (χ2v) is 4.78. The van der Waals surface area contributed by atoms with Gasteiger partial charge < -0.3 is 20.1 Å². The van der Waals surface area contributed by atoms with Crippen molar-refractivity contribution in [2.75, 3.05) is 19.9 Å². The minimum Gasteiger partial charge on any atom is -0.454 e. The van der Waals surface area contributed by atoms with Crippen LogP contribution in [0.5, 0.6) is 11.5 Å². The molecular weight excluding hydrogens is 232 g/mol. The molecule has 1 aromatic carbocycles. The molecule has 0 aliphatic carbocycles. The Morgan fingerprint density at radius 2 is 2.17 bits per heavy atom. The van der Waals surface area contributed by atoms with Crippen LogP contribution in [0.4, 0.5) is 0 Å². The average Bonchev–Trinajstić information content (AvgIpc) is 2.98. The smallest absolute Gasteiger partial charge is 0.251 e. The molecule has 0 radical (unpaired) electrons. The van der Waals surface area contributed by atoms with E-state index in [1.54, 1.807) is 18.2 Å². The maximum atomic E-state index is 12.1. The summed E-state index contributed by atoms with van der Waals surface area (Å²) in [7, 11) is 0. The largest absolute Gasteiger partial charge is 0.454 e. The molecule has 96 valence electrons. The lowest BCUT2D eigenvalue weighted by Gasteiger charge is -2.16. The highest BCUT2D eigenvalue weighted by Crippen LogP contribution is 2.32. The van der Waals surface area contributed by atoms with Gasteiger partial charge in [0, 0.05) is 18.2 Å². The van der Waals surface area contributed by atoms with Gasteiger partial charge in [0.25, 0.3) is 5.91 Å². The van der Waals surface area contributed by atoms with E-state index in [9.17, 15) is 4.79 Å². The first-order valence-corrected chi connectivity index (χ1v) is 6.15. The Kier molecular flexibility index (Phi) is 2.83. The van der Waals surface area contributed by atoms with Gasteiger partial charge in [0.2, 0.25) is 6.79 Å². The minimum absolute atomic E-state index is 0.0612. The third-order valence-electron chi connectivity index (χ3n) is 3.47. The first-order valence-electron chi connectivity index (χ1n) is 6.15. The van der Waals surface area contributed by atoms with E-state index < -0.39 is 0 Å². The van der Waals surface area contributed by atoms with E-state index in [4.69, 9.17) is 9.47 Å². The van der Waals surface area contributed by atoms with Crippen molar-refractivity contribution in [3.05, 3.63) is 23.8 Å². The Bertz CT molecular complexity index is 475. The molecule has 0 spiro atoms. The van der Waals surface area contributed by atoms with Crippen molar-refractivity contribution < 1.29 is 14.3 Å². The molecule has 2 unspecified atom stereocenters. The minimum atomic E-state index is -0.0612. The fraction of sp³-hybridized carbons (Fsp3) is 0.462. The van der Waals surface area contributed by atoms with Crippen LogP contribution < -0.4 is 20.1 Å². The van der Waals surface area contributed by atoms with E-state index in [1.807, 2.05) is 0 Å². The van der Waals surface area contributed by atoms with Crippen molar-refractivity contribution in [2.24, 2.45) is 5.92 Å². The van der Waals surface area contributed by atoms with Gasteiger partial charge in [-0.3, -0.25) is 4.79 Å². The second-order valence-electron chi connectivity index (χ2n) is 4.78. The molecule has 1 aromatic rings. The summed E-state index contributed by atoms with van der Waals surface area (Å²) in [4.78, 5) is 12.1. The maximum absolute atomic E-state index is 12.1. The molecule has 2 atom stereocenters. The van der Waals surface area contributed by atoms with Crippen molar-refractivity contribution >= 4 is 5.91 Å². The quantitative estimate of drug-likeness (QED) is 0.811. The first-order chi connectivity index (χ1) is 8.74. The van der Waals surface area contributed by atoms with Crippen molar-refractivity contribution in [1.82, 2.24) is 10.6 Å². The SMILES string of the molecule is CC1CNCC1NC(=O)c1ccc2c(c1)OCO2. The van der Waals surface area contributed by atoms with Gasteiger partial charge in [-0.15, -0.1) is 0 Å². The van der Waals surface area contributed by atoms with Crippen LogP contribution in [0.3, 0.4) is 0 Å². The number of amides is 1. The van der Waals surface area contributed by atoms with Crippen LogP contribution in [0.15, 0.2) is 18.2 Å². The second kappa shape index (κ2) is 4.49. The average molecular weight is 248 g/mol. The molecule has 5 nitrogen and oxygen atoms in total. The first kappa shape index (κ1) is 11.3. The van der Waals surface area contributed by atoms with E-state index in [2.05, 4.69) is 17.6 Å². The van der Waals surface area contributed by atoms with Crippen LogP contribution in [0.25, 0.3) is 0 Å². The van der Waals surface area contributed by atoms with Gasteiger partial charge >= 0.3 is 0 Å². The van der Waals surface area contributed by atoms with E-state index in [0.29, 0.717) is 23.0 Å². The van der Waals surface area contributed by atoms with E-state index in [0.717, 1.165) is 13.1 Å². The summed E-state index contributed by atoms with van der Waals surface area (Å²) in [5.74, 6) is 1.74. The highest BCUT2D eigenvalue weighted by Gasteiger charge is 2.25. The molecule has 2 N–H and O–H groups in total. The zero-order valence-electron chi connectivity index (χ0n) is 10.2. The Balaban J connectivity index is 1.72. The topological polar surface area (TPSA) is 59.6 Å². The predicted molar refractivity (Wildman–Crippen MR) is 65.9 cm³/mol. The number of carbonyl (C=O) groups is 1. The Morgan fingerprint density at radius 3 is 2.94 bits per heavy atom. The third kappa shape index (κ3) is 2.01. The molecule has 1 saturated heterocycles. The molecule has 1 amide bonds. The van der Waals surface area contributed by atoms with Gasteiger partial charge in [-0.25, -0.2) is 0 Å². The summed E-state index contributed by atoms with van der Waals surface area (Å²) in [6, 6.07) is 5.46. The highest BCUT2D eigenvalue weighted by molar-refractivity contribution is 5.95. The number of fused-ring (bicyclic) bond motifs is 1. The lowest BCUT2D eigenvalue weighted by Crippen LogP contribution is -2.39. The molecule has 0 bridgehead atoms. The maximum Gasteiger partial charge on any atom is 0.251 e. The van der Waals surface area contributed by atoms with E-state index in [-0.39, 0.29) is 18.7 Å². The number of ether oxygens (including phenoxy) is 2. The monoisotopic (exact) mass is 248 g/mol. The van der Waals surface area contributed by atoms with Crippen molar-refractivity contribution in [3.8, 4) is 11.5 Å². The fourth-order valence-electron chi connectivity index (χ4n) is 2.29. The van der Waals surface area contributed by atoms with Gasteiger partial charge in [-0.1, -0.05) is 6.92 Å². The predicted octanol–water partition coefficient (Wildman–Crippen LogP) is 0.753. The zero-order valence-corrected chi connectivity index (χ0v) is 10.2. The molecule has 5 heteroatoms. The van der Waals surface area contributed by atoms with Crippen LogP contribution in [0.2, 0.25) is 0 Å². The summed E-state index contributed by atoms with van der Waals surface area (Å²) >= 11 is 0. The van der Waals surface area contributed by atoms with Crippen LogP contribution in [-0.2, 0) is 0 Å². The van der Waals surface area contributed by atoms with Crippen LogP contribution in [0.1, 0.15) is 17.3 Å².